The normalized spacial score (nSPS) is 12.3. The zero-order valence-electron chi connectivity index (χ0n) is 8.32. The number of rotatable bonds is 0. The summed E-state index contributed by atoms with van der Waals surface area (Å²) in [6.45, 7) is 6.24. The lowest BCUT2D eigenvalue weighted by Crippen LogP contribution is -2.15. The fraction of sp³-hybridized carbons (Fsp3) is 0.444. The van der Waals surface area contributed by atoms with E-state index in [1.54, 1.807) is 6.20 Å². The van der Waals surface area contributed by atoms with Crippen molar-refractivity contribution in [3.8, 4) is 0 Å². The van der Waals surface area contributed by atoms with E-state index >= 15 is 0 Å². The highest BCUT2D eigenvalue weighted by molar-refractivity contribution is 6.32. The maximum atomic E-state index is 5.89. The molecular weight excluding hydrogens is 200 g/mol. The maximum absolute atomic E-state index is 5.89. The van der Waals surface area contributed by atoms with E-state index in [0.717, 1.165) is 5.82 Å². The van der Waals surface area contributed by atoms with Gasteiger partial charge in [0.1, 0.15) is 5.82 Å². The van der Waals surface area contributed by atoms with E-state index in [-0.39, 0.29) is 5.41 Å². The fourth-order valence-corrected chi connectivity index (χ4v) is 1.49. The number of fused-ring (bicyclic) bond motifs is 1. The highest BCUT2D eigenvalue weighted by atomic mass is 35.5. The minimum absolute atomic E-state index is 0.0515. The van der Waals surface area contributed by atoms with Crippen molar-refractivity contribution in [2.24, 2.45) is 0 Å². The van der Waals surface area contributed by atoms with Crippen LogP contribution >= 0.6 is 11.6 Å². The number of hydrogen-bond acceptors (Lipinski definition) is 3. The van der Waals surface area contributed by atoms with Crippen LogP contribution in [0.3, 0.4) is 0 Å². The molecule has 2 rings (SSSR count). The summed E-state index contributed by atoms with van der Waals surface area (Å²) in [5.41, 5.74) is 0.559. The van der Waals surface area contributed by atoms with Gasteiger partial charge in [0.2, 0.25) is 0 Å². The summed E-state index contributed by atoms with van der Waals surface area (Å²) in [7, 11) is 0. The molecule has 2 aromatic rings. The Bertz CT molecular complexity index is 469. The molecule has 0 aromatic carbocycles. The highest BCUT2D eigenvalue weighted by Crippen LogP contribution is 2.22. The first-order valence-electron chi connectivity index (χ1n) is 4.36. The van der Waals surface area contributed by atoms with Gasteiger partial charge in [-0.05, 0) is 0 Å². The van der Waals surface area contributed by atoms with Crippen molar-refractivity contribution in [3.05, 3.63) is 23.4 Å². The van der Waals surface area contributed by atoms with Crippen molar-refractivity contribution in [1.82, 2.24) is 19.6 Å². The number of halogens is 1. The molecule has 0 aliphatic rings. The van der Waals surface area contributed by atoms with Gasteiger partial charge in [-0.15, -0.1) is 10.2 Å². The standard InChI is InChI=1S/C9H11ClN4/c1-9(2,3)8-13-12-7-6(10)11-4-5-14(7)8/h4-5H,1-3H3. The Kier molecular flexibility index (Phi) is 1.96. The molecule has 2 aromatic heterocycles. The van der Waals surface area contributed by atoms with Crippen molar-refractivity contribution in [1.29, 1.82) is 0 Å². The van der Waals surface area contributed by atoms with Gasteiger partial charge >= 0.3 is 0 Å². The molecule has 0 atom stereocenters. The second-order valence-electron chi connectivity index (χ2n) is 4.19. The average molecular weight is 211 g/mol. The first-order valence-corrected chi connectivity index (χ1v) is 4.73. The molecule has 0 aliphatic carbocycles. The predicted molar refractivity (Wildman–Crippen MR) is 54.5 cm³/mol. The first-order chi connectivity index (χ1) is 6.50. The molecule has 0 radical (unpaired) electrons. The Morgan fingerprint density at radius 2 is 2.00 bits per heavy atom. The average Bonchev–Trinajstić information content (AvgIpc) is 2.47. The van der Waals surface area contributed by atoms with Gasteiger partial charge in [-0.2, -0.15) is 0 Å². The van der Waals surface area contributed by atoms with E-state index in [1.807, 2.05) is 10.6 Å². The molecule has 0 N–H and O–H groups in total. The van der Waals surface area contributed by atoms with Crippen LogP contribution in [0.2, 0.25) is 5.15 Å². The third kappa shape index (κ3) is 1.35. The van der Waals surface area contributed by atoms with E-state index in [1.165, 1.54) is 0 Å². The van der Waals surface area contributed by atoms with E-state index in [9.17, 15) is 0 Å². The first kappa shape index (κ1) is 9.40. The van der Waals surface area contributed by atoms with Crippen LogP contribution in [-0.4, -0.2) is 19.6 Å². The van der Waals surface area contributed by atoms with Crippen molar-refractivity contribution in [2.45, 2.75) is 26.2 Å². The van der Waals surface area contributed by atoms with E-state index in [4.69, 9.17) is 11.6 Å². The summed E-state index contributed by atoms with van der Waals surface area (Å²) in [5.74, 6) is 0.886. The highest BCUT2D eigenvalue weighted by Gasteiger charge is 2.21. The van der Waals surface area contributed by atoms with Gasteiger partial charge in [0.05, 0.1) is 0 Å². The van der Waals surface area contributed by atoms with Crippen molar-refractivity contribution < 1.29 is 0 Å². The molecule has 0 bridgehead atoms. The Morgan fingerprint density at radius 3 is 2.64 bits per heavy atom. The largest absolute Gasteiger partial charge is 0.282 e. The summed E-state index contributed by atoms with van der Waals surface area (Å²) in [5, 5.41) is 8.50. The maximum Gasteiger partial charge on any atom is 0.198 e. The summed E-state index contributed by atoms with van der Waals surface area (Å²) >= 11 is 5.89. The number of nitrogens with zero attached hydrogens (tertiary/aromatic N) is 4. The van der Waals surface area contributed by atoms with Gasteiger partial charge in [0.25, 0.3) is 0 Å². The van der Waals surface area contributed by atoms with E-state index in [2.05, 4.69) is 36.0 Å². The van der Waals surface area contributed by atoms with Gasteiger partial charge in [-0.3, -0.25) is 4.40 Å². The van der Waals surface area contributed by atoms with Gasteiger partial charge in [-0.1, -0.05) is 32.4 Å². The van der Waals surface area contributed by atoms with E-state index < -0.39 is 0 Å². The lowest BCUT2D eigenvalue weighted by Gasteiger charge is -2.15. The van der Waals surface area contributed by atoms with Crippen molar-refractivity contribution in [3.63, 3.8) is 0 Å². The Labute approximate surface area is 86.9 Å². The SMILES string of the molecule is CC(C)(C)c1nnc2c(Cl)nccn12. The third-order valence-corrected chi connectivity index (χ3v) is 2.22. The topological polar surface area (TPSA) is 43.1 Å². The molecule has 0 aliphatic heterocycles. The molecule has 0 saturated heterocycles. The Morgan fingerprint density at radius 1 is 1.29 bits per heavy atom. The molecule has 4 nitrogen and oxygen atoms in total. The van der Waals surface area contributed by atoms with Crippen LogP contribution in [0, 0.1) is 0 Å². The summed E-state index contributed by atoms with van der Waals surface area (Å²) in [6, 6.07) is 0. The molecule has 0 amide bonds. The lowest BCUT2D eigenvalue weighted by molar-refractivity contribution is 0.538. The molecule has 0 unspecified atom stereocenters. The summed E-state index contributed by atoms with van der Waals surface area (Å²) < 4.78 is 1.87. The van der Waals surface area contributed by atoms with Gasteiger partial charge in [0, 0.05) is 17.8 Å². The van der Waals surface area contributed by atoms with Gasteiger partial charge in [-0.25, -0.2) is 4.98 Å². The molecule has 0 saturated carbocycles. The van der Waals surface area contributed by atoms with Crippen LogP contribution in [-0.2, 0) is 5.41 Å². The van der Waals surface area contributed by atoms with Crippen LogP contribution in [0.25, 0.3) is 5.65 Å². The predicted octanol–water partition coefficient (Wildman–Crippen LogP) is 2.08. The molecule has 5 heteroatoms. The second-order valence-corrected chi connectivity index (χ2v) is 4.54. The monoisotopic (exact) mass is 210 g/mol. The molecule has 0 fully saturated rings. The third-order valence-electron chi connectivity index (χ3n) is 1.95. The van der Waals surface area contributed by atoms with Crippen molar-refractivity contribution in [2.75, 3.05) is 0 Å². The Balaban J connectivity index is 2.76. The quantitative estimate of drug-likeness (QED) is 0.669. The molecule has 74 valence electrons. The molecule has 0 spiro atoms. The van der Waals surface area contributed by atoms with E-state index in [0.29, 0.717) is 10.8 Å². The van der Waals surface area contributed by atoms with Crippen LogP contribution in [0.15, 0.2) is 12.4 Å². The molecular formula is C9H11ClN4. The van der Waals surface area contributed by atoms with Crippen LogP contribution in [0.5, 0.6) is 0 Å². The molecule has 2 heterocycles. The minimum Gasteiger partial charge on any atom is -0.282 e. The van der Waals surface area contributed by atoms with Crippen LogP contribution < -0.4 is 0 Å². The number of hydrogen-bond donors (Lipinski definition) is 0. The zero-order valence-corrected chi connectivity index (χ0v) is 9.08. The lowest BCUT2D eigenvalue weighted by atomic mass is 9.96. The van der Waals surface area contributed by atoms with Crippen LogP contribution in [0.4, 0.5) is 0 Å². The second kappa shape index (κ2) is 2.92. The summed E-state index contributed by atoms with van der Waals surface area (Å²) in [4.78, 5) is 3.94. The molecule has 14 heavy (non-hydrogen) atoms. The zero-order chi connectivity index (χ0) is 10.3. The summed E-state index contributed by atoms with van der Waals surface area (Å²) in [6.07, 6.45) is 3.47. The fourth-order valence-electron chi connectivity index (χ4n) is 1.31. The van der Waals surface area contributed by atoms with Gasteiger partial charge < -0.3 is 0 Å². The number of aromatic nitrogens is 4. The Hall–Kier alpha value is -1.16. The van der Waals surface area contributed by atoms with Crippen molar-refractivity contribution >= 4 is 17.2 Å². The van der Waals surface area contributed by atoms with Crippen LogP contribution in [0.1, 0.15) is 26.6 Å². The minimum atomic E-state index is -0.0515. The van der Waals surface area contributed by atoms with Gasteiger partial charge in [0.15, 0.2) is 10.8 Å². The smallest absolute Gasteiger partial charge is 0.198 e.